The Kier molecular flexibility index (Phi) is 6.04. The summed E-state index contributed by atoms with van der Waals surface area (Å²) in [5, 5.41) is 3.04. The molecule has 0 saturated heterocycles. The van der Waals surface area contributed by atoms with E-state index in [1.807, 2.05) is 24.3 Å². The normalized spacial score (nSPS) is 15.9. The molecule has 0 bridgehead atoms. The molecule has 1 aliphatic rings. The summed E-state index contributed by atoms with van der Waals surface area (Å²) >= 11 is 0. The molecule has 1 aliphatic carbocycles. The second-order valence-corrected chi connectivity index (χ2v) is 6.01. The van der Waals surface area contributed by atoms with Gasteiger partial charge >= 0.3 is 0 Å². The summed E-state index contributed by atoms with van der Waals surface area (Å²) in [5.41, 5.74) is 6.66. The smallest absolute Gasteiger partial charge is 0.258 e. The van der Waals surface area contributed by atoms with Gasteiger partial charge < -0.3 is 20.5 Å². The second kappa shape index (κ2) is 8.02. The first-order valence-corrected chi connectivity index (χ1v) is 8.04. The van der Waals surface area contributed by atoms with E-state index in [1.54, 1.807) is 7.11 Å². The minimum atomic E-state index is -0.252. The quantitative estimate of drug-likeness (QED) is 0.721. The molecule has 1 amide bonds. The lowest BCUT2D eigenvalue weighted by atomic mass is 9.98. The molecule has 0 spiro atoms. The molecule has 0 heterocycles. The number of carbonyl (C=O) groups excluding carboxylic acids is 1. The highest BCUT2D eigenvalue weighted by molar-refractivity contribution is 5.78. The lowest BCUT2D eigenvalue weighted by molar-refractivity contribution is -0.124. The van der Waals surface area contributed by atoms with Gasteiger partial charge in [0.15, 0.2) is 18.1 Å². The summed E-state index contributed by atoms with van der Waals surface area (Å²) < 4.78 is 10.9. The fraction of sp³-hybridized carbons (Fsp3) is 0.500. The van der Waals surface area contributed by atoms with Crippen LogP contribution in [0.3, 0.4) is 0 Å². The number of rotatable bonds is 8. The van der Waals surface area contributed by atoms with Gasteiger partial charge in [-0.25, -0.2) is 0 Å². The van der Waals surface area contributed by atoms with Gasteiger partial charge in [0.05, 0.1) is 12.6 Å². The van der Waals surface area contributed by atoms with Crippen LogP contribution in [-0.4, -0.2) is 31.7 Å². The standard InChI is InChI=1S/C18H26N2O3/c1-3-6-14-7-8-15(16(11-14)22-2)23-12-17(21)20-18(13-19)9-4-5-10-18/h3,7-8,11H,1,4-6,9-10,12-13,19H2,2H3,(H,20,21). The minimum absolute atomic E-state index is 0.0427. The van der Waals surface area contributed by atoms with Gasteiger partial charge in [-0.1, -0.05) is 25.0 Å². The van der Waals surface area contributed by atoms with Crippen LogP contribution in [0.4, 0.5) is 0 Å². The van der Waals surface area contributed by atoms with Crippen molar-refractivity contribution in [2.45, 2.75) is 37.6 Å². The molecule has 0 unspecified atom stereocenters. The van der Waals surface area contributed by atoms with E-state index < -0.39 is 0 Å². The number of nitrogens with one attached hydrogen (secondary N) is 1. The number of nitrogens with two attached hydrogens (primary N) is 1. The molecule has 0 atom stereocenters. The zero-order valence-corrected chi connectivity index (χ0v) is 13.8. The predicted octanol–water partition coefficient (Wildman–Crippen LogP) is 2.19. The Balaban J connectivity index is 1.94. The van der Waals surface area contributed by atoms with Crippen LogP contribution in [0.1, 0.15) is 31.2 Å². The minimum Gasteiger partial charge on any atom is -0.493 e. The molecule has 1 fully saturated rings. The molecule has 2 rings (SSSR count). The molecule has 5 nitrogen and oxygen atoms in total. The van der Waals surface area contributed by atoms with Crippen LogP contribution in [0.5, 0.6) is 11.5 Å². The van der Waals surface area contributed by atoms with Crippen LogP contribution in [0.25, 0.3) is 0 Å². The van der Waals surface area contributed by atoms with Gasteiger partial charge in [0.2, 0.25) is 0 Å². The van der Waals surface area contributed by atoms with E-state index in [4.69, 9.17) is 15.2 Å². The molecule has 0 aliphatic heterocycles. The average Bonchev–Trinajstić information content (AvgIpc) is 3.02. The van der Waals surface area contributed by atoms with Gasteiger partial charge in [-0.05, 0) is 37.0 Å². The Labute approximate surface area is 137 Å². The lowest BCUT2D eigenvalue weighted by Crippen LogP contribution is -2.52. The third-order valence-electron chi connectivity index (χ3n) is 4.32. The molecule has 3 N–H and O–H groups in total. The van der Waals surface area contributed by atoms with Crippen molar-refractivity contribution in [1.29, 1.82) is 0 Å². The summed E-state index contributed by atoms with van der Waals surface area (Å²) in [6.07, 6.45) is 6.68. The third-order valence-corrected chi connectivity index (χ3v) is 4.32. The number of hydrogen-bond donors (Lipinski definition) is 2. The van der Waals surface area contributed by atoms with Gasteiger partial charge in [0.25, 0.3) is 5.91 Å². The summed E-state index contributed by atoms with van der Waals surface area (Å²) in [6, 6.07) is 5.66. The Morgan fingerprint density at radius 2 is 2.13 bits per heavy atom. The summed E-state index contributed by atoms with van der Waals surface area (Å²) in [6.45, 7) is 4.15. The van der Waals surface area contributed by atoms with Crippen LogP contribution in [-0.2, 0) is 11.2 Å². The third kappa shape index (κ3) is 4.48. The molecular weight excluding hydrogens is 292 g/mol. The van der Waals surface area contributed by atoms with Crippen LogP contribution < -0.4 is 20.5 Å². The molecule has 0 aromatic heterocycles. The van der Waals surface area contributed by atoms with E-state index in [2.05, 4.69) is 11.9 Å². The number of methoxy groups -OCH3 is 1. The summed E-state index contributed by atoms with van der Waals surface area (Å²) in [4.78, 5) is 12.2. The Hall–Kier alpha value is -2.01. The van der Waals surface area contributed by atoms with E-state index >= 15 is 0 Å². The van der Waals surface area contributed by atoms with E-state index in [1.165, 1.54) is 0 Å². The fourth-order valence-corrected chi connectivity index (χ4v) is 3.03. The van der Waals surface area contributed by atoms with Gasteiger partial charge in [0, 0.05) is 6.54 Å². The molecule has 1 aromatic rings. The maximum absolute atomic E-state index is 12.2. The van der Waals surface area contributed by atoms with Crippen molar-refractivity contribution in [2.75, 3.05) is 20.3 Å². The number of allylic oxidation sites excluding steroid dienone is 1. The van der Waals surface area contributed by atoms with Crippen LogP contribution >= 0.6 is 0 Å². The highest BCUT2D eigenvalue weighted by Crippen LogP contribution is 2.30. The van der Waals surface area contributed by atoms with Crippen LogP contribution in [0, 0.1) is 0 Å². The Morgan fingerprint density at radius 3 is 2.74 bits per heavy atom. The summed E-state index contributed by atoms with van der Waals surface area (Å²) in [7, 11) is 1.59. The van der Waals surface area contributed by atoms with Gasteiger partial charge in [-0.2, -0.15) is 0 Å². The Morgan fingerprint density at radius 1 is 1.39 bits per heavy atom. The predicted molar refractivity (Wildman–Crippen MR) is 90.8 cm³/mol. The number of benzene rings is 1. The molecule has 126 valence electrons. The molecule has 1 aromatic carbocycles. The van der Waals surface area contributed by atoms with Crippen molar-refractivity contribution in [2.24, 2.45) is 5.73 Å². The average molecular weight is 318 g/mol. The zero-order valence-electron chi connectivity index (χ0n) is 13.8. The molecule has 23 heavy (non-hydrogen) atoms. The van der Waals surface area contributed by atoms with E-state index in [-0.39, 0.29) is 18.1 Å². The number of ether oxygens (including phenoxy) is 2. The van der Waals surface area contributed by atoms with E-state index in [0.29, 0.717) is 18.0 Å². The van der Waals surface area contributed by atoms with Gasteiger partial charge in [0.1, 0.15) is 0 Å². The zero-order chi connectivity index (χ0) is 16.7. The van der Waals surface area contributed by atoms with Crippen LogP contribution in [0.2, 0.25) is 0 Å². The topological polar surface area (TPSA) is 73.6 Å². The van der Waals surface area contributed by atoms with E-state index in [9.17, 15) is 4.79 Å². The fourth-order valence-electron chi connectivity index (χ4n) is 3.03. The van der Waals surface area contributed by atoms with Crippen molar-refractivity contribution >= 4 is 5.91 Å². The van der Waals surface area contributed by atoms with Crippen LogP contribution in [0.15, 0.2) is 30.9 Å². The molecule has 1 saturated carbocycles. The highest BCUT2D eigenvalue weighted by Gasteiger charge is 2.33. The highest BCUT2D eigenvalue weighted by atomic mass is 16.5. The number of hydrogen-bond acceptors (Lipinski definition) is 4. The summed E-state index contributed by atoms with van der Waals surface area (Å²) in [5.74, 6) is 1.03. The molecule has 5 heteroatoms. The maximum atomic E-state index is 12.2. The monoisotopic (exact) mass is 318 g/mol. The van der Waals surface area contributed by atoms with Crippen molar-refractivity contribution in [3.8, 4) is 11.5 Å². The van der Waals surface area contributed by atoms with Crippen molar-refractivity contribution in [3.63, 3.8) is 0 Å². The SMILES string of the molecule is C=CCc1ccc(OCC(=O)NC2(CN)CCCC2)c(OC)c1. The first-order chi connectivity index (χ1) is 11.1. The van der Waals surface area contributed by atoms with Gasteiger partial charge in [-0.3, -0.25) is 4.79 Å². The molecular formula is C18H26N2O3. The van der Waals surface area contributed by atoms with Gasteiger partial charge in [-0.15, -0.1) is 6.58 Å². The Bertz CT molecular complexity index is 551. The first kappa shape index (κ1) is 17.3. The number of amides is 1. The second-order valence-electron chi connectivity index (χ2n) is 6.01. The molecule has 0 radical (unpaired) electrons. The van der Waals surface area contributed by atoms with Crippen molar-refractivity contribution in [1.82, 2.24) is 5.32 Å². The van der Waals surface area contributed by atoms with E-state index in [0.717, 1.165) is 37.7 Å². The van der Waals surface area contributed by atoms with Crippen molar-refractivity contribution in [3.05, 3.63) is 36.4 Å². The van der Waals surface area contributed by atoms with Crippen molar-refractivity contribution < 1.29 is 14.3 Å². The largest absolute Gasteiger partial charge is 0.493 e. The first-order valence-electron chi connectivity index (χ1n) is 8.04. The number of carbonyl (C=O) groups is 1. The maximum Gasteiger partial charge on any atom is 0.258 e. The lowest BCUT2D eigenvalue weighted by Gasteiger charge is -2.28.